The summed E-state index contributed by atoms with van der Waals surface area (Å²) in [5, 5.41) is 3.19. The van der Waals surface area contributed by atoms with Gasteiger partial charge in [0, 0.05) is 30.7 Å². The normalized spacial score (nSPS) is 15.1. The van der Waals surface area contributed by atoms with Gasteiger partial charge in [0.15, 0.2) is 0 Å². The lowest BCUT2D eigenvalue weighted by Gasteiger charge is -2.27. The molecule has 0 aliphatic carbocycles. The van der Waals surface area contributed by atoms with Crippen LogP contribution < -0.4 is 5.32 Å². The van der Waals surface area contributed by atoms with Crippen molar-refractivity contribution in [2.45, 2.75) is 6.42 Å². The summed E-state index contributed by atoms with van der Waals surface area (Å²) < 4.78 is 13.9. The van der Waals surface area contributed by atoms with Crippen LogP contribution in [0.15, 0.2) is 22.7 Å². The molecular weight excluding hydrogens is 323 g/mol. The average Bonchev–Trinajstić information content (AvgIpc) is 2.35. The van der Waals surface area contributed by atoms with Crippen LogP contribution in [0, 0.1) is 5.82 Å². The number of nitrogens with zero attached hydrogens (tertiary/aromatic N) is 1. The van der Waals surface area contributed by atoms with Crippen LogP contribution in [0.3, 0.4) is 0 Å². The summed E-state index contributed by atoms with van der Waals surface area (Å²) in [4.78, 5) is 13.8. The molecule has 2 rings (SSSR count). The van der Waals surface area contributed by atoms with Gasteiger partial charge >= 0.3 is 0 Å². The maximum atomic E-state index is 13.1. The number of hydrogen-bond donors (Lipinski definition) is 1. The maximum absolute atomic E-state index is 13.1. The Morgan fingerprint density at radius 2 is 2.06 bits per heavy atom. The molecule has 0 bridgehead atoms. The number of halogens is 3. The average molecular weight is 338 g/mol. The number of rotatable bonds is 2. The molecule has 18 heavy (non-hydrogen) atoms. The Labute approximate surface area is 120 Å². The van der Waals surface area contributed by atoms with E-state index in [-0.39, 0.29) is 30.6 Å². The van der Waals surface area contributed by atoms with Crippen LogP contribution in [-0.4, -0.2) is 37.0 Å². The Morgan fingerprint density at radius 1 is 1.39 bits per heavy atom. The fraction of sp³-hybridized carbons (Fsp3) is 0.417. The molecule has 1 aromatic rings. The minimum atomic E-state index is -0.309. The monoisotopic (exact) mass is 336 g/mol. The molecule has 3 nitrogen and oxygen atoms in total. The molecule has 6 heteroatoms. The molecular formula is C12H15BrClFN2O. The Bertz CT molecular complexity index is 425. The van der Waals surface area contributed by atoms with Crippen molar-refractivity contribution in [2.75, 3.05) is 26.2 Å². The van der Waals surface area contributed by atoms with Gasteiger partial charge in [-0.1, -0.05) is 15.9 Å². The smallest absolute Gasteiger partial charge is 0.227 e. The van der Waals surface area contributed by atoms with Crippen LogP contribution in [0.5, 0.6) is 0 Å². The molecule has 1 heterocycles. The lowest BCUT2D eigenvalue weighted by molar-refractivity contribution is -0.131. The van der Waals surface area contributed by atoms with Crippen LogP contribution in [0.2, 0.25) is 0 Å². The molecule has 100 valence electrons. The summed E-state index contributed by atoms with van der Waals surface area (Å²) in [6.07, 6.45) is 0.248. The predicted molar refractivity (Wildman–Crippen MR) is 74.5 cm³/mol. The van der Waals surface area contributed by atoms with Gasteiger partial charge in [-0.3, -0.25) is 4.79 Å². The van der Waals surface area contributed by atoms with Crippen LogP contribution in [-0.2, 0) is 11.2 Å². The van der Waals surface area contributed by atoms with Crippen molar-refractivity contribution < 1.29 is 9.18 Å². The number of hydrogen-bond acceptors (Lipinski definition) is 2. The van der Waals surface area contributed by atoms with E-state index in [0.29, 0.717) is 5.56 Å². The molecule has 1 amide bonds. The summed E-state index contributed by atoms with van der Waals surface area (Å²) in [5.41, 5.74) is 0.702. The van der Waals surface area contributed by atoms with E-state index in [1.165, 1.54) is 12.1 Å². The zero-order valence-corrected chi connectivity index (χ0v) is 12.2. The molecule has 1 N–H and O–H groups in total. The molecule has 1 aliphatic heterocycles. The van der Waals surface area contributed by atoms with Gasteiger partial charge in [-0.2, -0.15) is 0 Å². The summed E-state index contributed by atoms with van der Waals surface area (Å²) in [7, 11) is 0. The standard InChI is InChI=1S/C12H14BrFN2O.ClH/c13-11-2-1-10(14)7-9(11)8-12(17)16-5-3-15-4-6-16;/h1-2,7,15H,3-6,8H2;1H. The topological polar surface area (TPSA) is 32.3 Å². The van der Waals surface area contributed by atoms with Crippen LogP contribution in [0.25, 0.3) is 0 Å². The van der Waals surface area contributed by atoms with Crippen LogP contribution in [0.4, 0.5) is 4.39 Å². The second-order valence-corrected chi connectivity index (χ2v) is 4.90. The molecule has 0 radical (unpaired) electrons. The molecule has 0 spiro atoms. The molecule has 1 fully saturated rings. The Hall–Kier alpha value is -0.650. The molecule has 0 saturated carbocycles. The first-order chi connectivity index (χ1) is 8.16. The Morgan fingerprint density at radius 3 is 2.72 bits per heavy atom. The van der Waals surface area contributed by atoms with Gasteiger partial charge in [-0.15, -0.1) is 12.4 Å². The summed E-state index contributed by atoms with van der Waals surface area (Å²) in [6, 6.07) is 4.42. The molecule has 1 aliphatic rings. The van der Waals surface area contributed by atoms with E-state index in [1.807, 2.05) is 4.90 Å². The second-order valence-electron chi connectivity index (χ2n) is 4.04. The lowest BCUT2D eigenvalue weighted by Crippen LogP contribution is -2.46. The fourth-order valence-electron chi connectivity index (χ4n) is 1.87. The number of amides is 1. The first kappa shape index (κ1) is 15.4. The molecule has 1 aromatic carbocycles. The number of carbonyl (C=O) groups is 1. The fourth-order valence-corrected chi connectivity index (χ4v) is 2.25. The van der Waals surface area contributed by atoms with E-state index in [2.05, 4.69) is 21.2 Å². The van der Waals surface area contributed by atoms with Gasteiger partial charge in [-0.05, 0) is 23.8 Å². The van der Waals surface area contributed by atoms with Gasteiger partial charge in [0.2, 0.25) is 5.91 Å². The number of benzene rings is 1. The van der Waals surface area contributed by atoms with Gasteiger partial charge in [0.25, 0.3) is 0 Å². The van der Waals surface area contributed by atoms with Crippen molar-refractivity contribution in [3.05, 3.63) is 34.1 Å². The third-order valence-corrected chi connectivity index (χ3v) is 3.59. The van der Waals surface area contributed by atoms with E-state index in [9.17, 15) is 9.18 Å². The van der Waals surface area contributed by atoms with E-state index in [4.69, 9.17) is 0 Å². The zero-order valence-electron chi connectivity index (χ0n) is 9.79. The first-order valence-electron chi connectivity index (χ1n) is 5.59. The van der Waals surface area contributed by atoms with Gasteiger partial charge in [0.1, 0.15) is 5.82 Å². The summed E-state index contributed by atoms with van der Waals surface area (Å²) in [5.74, 6) is -0.255. The highest BCUT2D eigenvalue weighted by molar-refractivity contribution is 9.10. The van der Waals surface area contributed by atoms with Crippen molar-refractivity contribution in [1.29, 1.82) is 0 Å². The third-order valence-electron chi connectivity index (χ3n) is 2.82. The van der Waals surface area contributed by atoms with Gasteiger partial charge in [0.05, 0.1) is 6.42 Å². The summed E-state index contributed by atoms with van der Waals surface area (Å²) in [6.45, 7) is 3.11. The van der Waals surface area contributed by atoms with E-state index in [1.54, 1.807) is 6.07 Å². The highest BCUT2D eigenvalue weighted by Crippen LogP contribution is 2.19. The minimum Gasteiger partial charge on any atom is -0.340 e. The van der Waals surface area contributed by atoms with Crippen molar-refractivity contribution in [3.63, 3.8) is 0 Å². The SMILES string of the molecule is Cl.O=C(Cc1cc(F)ccc1Br)N1CCNCC1. The largest absolute Gasteiger partial charge is 0.340 e. The first-order valence-corrected chi connectivity index (χ1v) is 6.38. The highest BCUT2D eigenvalue weighted by atomic mass is 79.9. The molecule has 1 saturated heterocycles. The molecule has 0 aromatic heterocycles. The van der Waals surface area contributed by atoms with Crippen molar-refractivity contribution >= 4 is 34.2 Å². The van der Waals surface area contributed by atoms with Crippen molar-refractivity contribution in [3.8, 4) is 0 Å². The molecule has 0 unspecified atom stereocenters. The second kappa shape index (κ2) is 7.07. The third kappa shape index (κ3) is 3.93. The summed E-state index contributed by atoms with van der Waals surface area (Å²) >= 11 is 3.33. The van der Waals surface area contributed by atoms with E-state index >= 15 is 0 Å². The Balaban J connectivity index is 0.00000162. The highest BCUT2D eigenvalue weighted by Gasteiger charge is 2.17. The number of nitrogens with one attached hydrogen (secondary N) is 1. The van der Waals surface area contributed by atoms with Crippen molar-refractivity contribution in [2.24, 2.45) is 0 Å². The number of carbonyl (C=O) groups excluding carboxylic acids is 1. The zero-order chi connectivity index (χ0) is 12.3. The van der Waals surface area contributed by atoms with E-state index < -0.39 is 0 Å². The van der Waals surface area contributed by atoms with Gasteiger partial charge in [-0.25, -0.2) is 4.39 Å². The minimum absolute atomic E-state index is 0. The molecule has 0 atom stereocenters. The number of piperazine rings is 1. The quantitative estimate of drug-likeness (QED) is 0.895. The van der Waals surface area contributed by atoms with Crippen LogP contribution in [0.1, 0.15) is 5.56 Å². The van der Waals surface area contributed by atoms with E-state index in [0.717, 1.165) is 30.7 Å². The van der Waals surface area contributed by atoms with Crippen LogP contribution >= 0.6 is 28.3 Å². The predicted octanol–water partition coefficient (Wildman–Crippen LogP) is 1.98. The van der Waals surface area contributed by atoms with Crippen molar-refractivity contribution in [1.82, 2.24) is 10.2 Å². The maximum Gasteiger partial charge on any atom is 0.227 e. The Kier molecular flexibility index (Phi) is 6.05. The van der Waals surface area contributed by atoms with Gasteiger partial charge < -0.3 is 10.2 Å². The lowest BCUT2D eigenvalue weighted by atomic mass is 10.1.